The molecule has 1 amide bonds. The molecule has 0 aliphatic carbocycles. The predicted octanol–water partition coefficient (Wildman–Crippen LogP) is 4.03. The van der Waals surface area contributed by atoms with Gasteiger partial charge in [-0.2, -0.15) is 0 Å². The van der Waals surface area contributed by atoms with Crippen LogP contribution in [-0.2, 0) is 9.53 Å². The number of aromatic nitrogens is 2. The monoisotopic (exact) mass is 429 g/mol. The Morgan fingerprint density at radius 2 is 1.78 bits per heavy atom. The van der Waals surface area contributed by atoms with Gasteiger partial charge in [0.1, 0.15) is 5.82 Å². The fraction of sp³-hybridized carbons (Fsp3) is 0.0833. The van der Waals surface area contributed by atoms with Gasteiger partial charge in [0.2, 0.25) is 0 Å². The standard InChI is InChI=1S/C24H19N3O5/c1-14-5-7-15(8-6-14)22-26-19-10-9-17(12-20(19)27-22)24(31)32-13-21(28)25-18-4-2-3-16(11-18)23(29)30/h2-12H,13H2,1H3,(H,25,28)(H,26,27)(H,29,30). The zero-order valence-corrected chi connectivity index (χ0v) is 17.1. The van der Waals surface area contributed by atoms with E-state index in [0.29, 0.717) is 22.5 Å². The molecule has 0 bridgehead atoms. The van der Waals surface area contributed by atoms with Gasteiger partial charge < -0.3 is 20.1 Å². The molecule has 8 heteroatoms. The molecule has 0 aliphatic heterocycles. The Morgan fingerprint density at radius 3 is 2.53 bits per heavy atom. The third-order valence-electron chi connectivity index (χ3n) is 4.77. The van der Waals surface area contributed by atoms with Crippen molar-refractivity contribution in [2.75, 3.05) is 11.9 Å². The van der Waals surface area contributed by atoms with Crippen LogP contribution < -0.4 is 5.32 Å². The number of fused-ring (bicyclic) bond motifs is 1. The maximum atomic E-state index is 12.4. The second kappa shape index (κ2) is 8.73. The highest BCUT2D eigenvalue weighted by atomic mass is 16.5. The van der Waals surface area contributed by atoms with Gasteiger partial charge >= 0.3 is 11.9 Å². The number of carboxylic acid groups (broad SMARTS) is 1. The molecule has 0 saturated heterocycles. The number of carbonyl (C=O) groups excluding carboxylic acids is 2. The molecule has 0 fully saturated rings. The molecular weight excluding hydrogens is 410 g/mol. The minimum absolute atomic E-state index is 0.0395. The number of aromatic amines is 1. The highest BCUT2D eigenvalue weighted by molar-refractivity contribution is 5.98. The topological polar surface area (TPSA) is 121 Å². The molecule has 0 aliphatic rings. The Morgan fingerprint density at radius 1 is 1.00 bits per heavy atom. The van der Waals surface area contributed by atoms with Crippen LogP contribution in [0.5, 0.6) is 0 Å². The lowest BCUT2D eigenvalue weighted by molar-refractivity contribution is -0.119. The maximum Gasteiger partial charge on any atom is 0.338 e. The number of ether oxygens (including phenoxy) is 1. The number of hydrogen-bond donors (Lipinski definition) is 3. The van der Waals surface area contributed by atoms with Gasteiger partial charge in [-0.15, -0.1) is 0 Å². The number of rotatable bonds is 6. The van der Waals surface area contributed by atoms with Crippen LogP contribution in [-0.4, -0.2) is 39.5 Å². The van der Waals surface area contributed by atoms with Gasteiger partial charge in [-0.3, -0.25) is 4.79 Å². The Balaban J connectivity index is 1.41. The molecule has 4 aromatic rings. The van der Waals surface area contributed by atoms with Crippen molar-refractivity contribution < 1.29 is 24.2 Å². The first-order valence-electron chi connectivity index (χ1n) is 9.76. The van der Waals surface area contributed by atoms with Crippen molar-refractivity contribution in [3.8, 4) is 11.4 Å². The van der Waals surface area contributed by atoms with Gasteiger partial charge in [-0.25, -0.2) is 14.6 Å². The van der Waals surface area contributed by atoms with Gasteiger partial charge in [0.25, 0.3) is 5.91 Å². The molecule has 0 atom stereocenters. The maximum absolute atomic E-state index is 12.4. The van der Waals surface area contributed by atoms with Crippen LogP contribution in [0.4, 0.5) is 5.69 Å². The van der Waals surface area contributed by atoms with Crippen molar-refractivity contribution in [3.05, 3.63) is 83.4 Å². The summed E-state index contributed by atoms with van der Waals surface area (Å²) in [6.07, 6.45) is 0. The molecule has 3 aromatic carbocycles. The third kappa shape index (κ3) is 4.65. The molecule has 1 heterocycles. The van der Waals surface area contributed by atoms with E-state index in [4.69, 9.17) is 9.84 Å². The van der Waals surface area contributed by atoms with Gasteiger partial charge in [0, 0.05) is 11.3 Å². The summed E-state index contributed by atoms with van der Waals surface area (Å²) in [4.78, 5) is 43.2. The van der Waals surface area contributed by atoms with E-state index >= 15 is 0 Å². The van der Waals surface area contributed by atoms with E-state index in [9.17, 15) is 14.4 Å². The van der Waals surface area contributed by atoms with Crippen molar-refractivity contribution in [2.45, 2.75) is 6.92 Å². The Kier molecular flexibility index (Phi) is 5.67. The molecule has 8 nitrogen and oxygen atoms in total. The number of nitrogens with zero attached hydrogens (tertiary/aromatic N) is 1. The lowest BCUT2D eigenvalue weighted by atomic mass is 10.1. The SMILES string of the molecule is Cc1ccc(-c2nc3ccc(C(=O)OCC(=O)Nc4cccc(C(=O)O)c4)cc3[nH]2)cc1. The lowest BCUT2D eigenvalue weighted by Gasteiger charge is -2.07. The first-order chi connectivity index (χ1) is 15.4. The molecular formula is C24H19N3O5. The number of carbonyl (C=O) groups is 3. The van der Waals surface area contributed by atoms with E-state index in [2.05, 4.69) is 15.3 Å². The number of esters is 1. The number of anilines is 1. The summed E-state index contributed by atoms with van der Waals surface area (Å²) in [7, 11) is 0. The van der Waals surface area contributed by atoms with E-state index in [1.807, 2.05) is 31.2 Å². The quantitative estimate of drug-likeness (QED) is 0.398. The second-order valence-electron chi connectivity index (χ2n) is 7.19. The summed E-state index contributed by atoms with van der Waals surface area (Å²) >= 11 is 0. The highest BCUT2D eigenvalue weighted by Gasteiger charge is 2.14. The van der Waals surface area contributed by atoms with Crippen LogP contribution in [0.25, 0.3) is 22.4 Å². The van der Waals surface area contributed by atoms with E-state index in [1.54, 1.807) is 24.3 Å². The molecule has 0 spiro atoms. The minimum atomic E-state index is -1.10. The zero-order valence-electron chi connectivity index (χ0n) is 17.1. The number of hydrogen-bond acceptors (Lipinski definition) is 5. The Labute approximate surface area is 182 Å². The van der Waals surface area contributed by atoms with Gasteiger partial charge in [0.05, 0.1) is 22.2 Å². The van der Waals surface area contributed by atoms with Crippen LogP contribution in [0, 0.1) is 6.92 Å². The van der Waals surface area contributed by atoms with E-state index < -0.39 is 24.5 Å². The van der Waals surface area contributed by atoms with E-state index in [1.165, 1.54) is 18.2 Å². The third-order valence-corrected chi connectivity index (χ3v) is 4.77. The summed E-state index contributed by atoms with van der Waals surface area (Å²) in [5, 5.41) is 11.5. The minimum Gasteiger partial charge on any atom is -0.478 e. The van der Waals surface area contributed by atoms with E-state index in [0.717, 1.165) is 11.1 Å². The summed E-state index contributed by atoms with van der Waals surface area (Å²) in [5.74, 6) is -1.65. The summed E-state index contributed by atoms with van der Waals surface area (Å²) in [6, 6.07) is 18.6. The smallest absolute Gasteiger partial charge is 0.338 e. The average Bonchev–Trinajstić information content (AvgIpc) is 3.21. The summed E-state index contributed by atoms with van der Waals surface area (Å²) < 4.78 is 5.09. The van der Waals surface area contributed by atoms with Gasteiger partial charge in [-0.05, 0) is 43.3 Å². The van der Waals surface area contributed by atoms with E-state index in [-0.39, 0.29) is 11.1 Å². The van der Waals surface area contributed by atoms with Crippen LogP contribution in [0.3, 0.4) is 0 Å². The molecule has 0 unspecified atom stereocenters. The highest BCUT2D eigenvalue weighted by Crippen LogP contribution is 2.22. The summed E-state index contributed by atoms with van der Waals surface area (Å²) in [6.45, 7) is 1.50. The molecule has 3 N–H and O–H groups in total. The van der Waals surface area contributed by atoms with Crippen LogP contribution in [0.1, 0.15) is 26.3 Å². The van der Waals surface area contributed by atoms with Crippen LogP contribution >= 0.6 is 0 Å². The van der Waals surface area contributed by atoms with Crippen molar-refractivity contribution in [1.82, 2.24) is 9.97 Å². The number of benzene rings is 3. The molecule has 0 saturated carbocycles. The van der Waals surface area contributed by atoms with Crippen LogP contribution in [0.15, 0.2) is 66.7 Å². The van der Waals surface area contributed by atoms with Crippen molar-refractivity contribution in [1.29, 1.82) is 0 Å². The average molecular weight is 429 g/mol. The number of aromatic carboxylic acids is 1. The second-order valence-corrected chi connectivity index (χ2v) is 7.19. The molecule has 1 aromatic heterocycles. The molecule has 32 heavy (non-hydrogen) atoms. The number of amides is 1. The molecule has 160 valence electrons. The largest absolute Gasteiger partial charge is 0.478 e. The number of H-pyrrole nitrogens is 1. The fourth-order valence-electron chi connectivity index (χ4n) is 3.13. The Hall–Kier alpha value is -4.46. The number of carboxylic acids is 1. The van der Waals surface area contributed by atoms with Crippen LogP contribution in [0.2, 0.25) is 0 Å². The number of nitrogens with one attached hydrogen (secondary N) is 2. The van der Waals surface area contributed by atoms with Gasteiger partial charge in [-0.1, -0.05) is 35.9 Å². The van der Waals surface area contributed by atoms with Crippen molar-refractivity contribution in [3.63, 3.8) is 0 Å². The number of imidazole rings is 1. The van der Waals surface area contributed by atoms with Gasteiger partial charge in [0.15, 0.2) is 6.61 Å². The molecule has 0 radical (unpaired) electrons. The van der Waals surface area contributed by atoms with Crippen molar-refractivity contribution >= 4 is 34.6 Å². The normalized spacial score (nSPS) is 10.7. The van der Waals surface area contributed by atoms with Crippen molar-refractivity contribution in [2.24, 2.45) is 0 Å². The first kappa shape index (κ1) is 20.8. The zero-order chi connectivity index (χ0) is 22.7. The lowest BCUT2D eigenvalue weighted by Crippen LogP contribution is -2.21. The number of aryl methyl sites for hydroxylation is 1. The fourth-order valence-corrected chi connectivity index (χ4v) is 3.13. The first-order valence-corrected chi connectivity index (χ1v) is 9.76. The molecule has 4 rings (SSSR count). The Bertz CT molecular complexity index is 1330. The summed E-state index contributed by atoms with van der Waals surface area (Å²) in [5.41, 5.74) is 4.06. The predicted molar refractivity (Wildman–Crippen MR) is 119 cm³/mol.